The predicted octanol–water partition coefficient (Wildman–Crippen LogP) is 4.87. The van der Waals surface area contributed by atoms with Crippen LogP contribution in [0.1, 0.15) is 18.0 Å². The molecular weight excluding hydrogens is 527 g/mol. The normalized spacial score (nSPS) is 17.2. The van der Waals surface area contributed by atoms with Crippen molar-refractivity contribution in [3.63, 3.8) is 0 Å². The van der Waals surface area contributed by atoms with Gasteiger partial charge in [-0.15, -0.1) is 0 Å². The van der Waals surface area contributed by atoms with Crippen molar-refractivity contribution in [1.29, 1.82) is 0 Å². The molecule has 3 aromatic rings. The summed E-state index contributed by atoms with van der Waals surface area (Å²) in [7, 11) is 1.57. The number of hydroxylamine groups is 1. The summed E-state index contributed by atoms with van der Waals surface area (Å²) >= 11 is 5.87. The van der Waals surface area contributed by atoms with Crippen molar-refractivity contribution in [1.82, 2.24) is 9.97 Å². The molecule has 1 atom stereocenters. The van der Waals surface area contributed by atoms with E-state index in [1.165, 1.54) is 24.5 Å². The van der Waals surface area contributed by atoms with Gasteiger partial charge < -0.3 is 25.0 Å². The van der Waals surface area contributed by atoms with Gasteiger partial charge in [0, 0.05) is 31.6 Å². The molecule has 39 heavy (non-hydrogen) atoms. The van der Waals surface area contributed by atoms with Crippen molar-refractivity contribution in [3.05, 3.63) is 71.8 Å². The summed E-state index contributed by atoms with van der Waals surface area (Å²) in [5, 5.41) is 7.86. The van der Waals surface area contributed by atoms with Gasteiger partial charge in [0.25, 0.3) is 0 Å². The third-order valence-electron chi connectivity index (χ3n) is 6.49. The maximum absolute atomic E-state index is 14.1. The highest BCUT2D eigenvalue weighted by Crippen LogP contribution is 2.40. The number of hydrogen-bond donors (Lipinski definition) is 2. The second-order valence-corrected chi connectivity index (χ2v) is 9.29. The number of aromatic nitrogens is 2. The molecular formula is C27H28ClFN6O4. The number of nitrogens with one attached hydrogen (secondary N) is 2. The summed E-state index contributed by atoms with van der Waals surface area (Å²) in [4.78, 5) is 28.9. The Bertz CT molecular complexity index is 1370. The van der Waals surface area contributed by atoms with E-state index in [4.69, 9.17) is 25.9 Å². The van der Waals surface area contributed by atoms with Crippen LogP contribution in [0.4, 0.5) is 33.1 Å². The standard InChI is InChI=1S/C27H28ClFN6O4/c1-3-27(36)33-20-13-21(24(37-2)14-23(20)34-7-10-38-11-8-34)32-25-15-26(31-16-30-25)35-22(6-9-39-35)17-4-5-18(28)19(29)12-17/h3-5,12-16,22H,1,6-11H2,2H3,(H,33,36)(H,30,31,32)/t22-/m1/s1. The Kier molecular flexibility index (Phi) is 8.10. The molecule has 12 heteroatoms. The third-order valence-corrected chi connectivity index (χ3v) is 6.79. The average Bonchev–Trinajstić information content (AvgIpc) is 3.45. The predicted molar refractivity (Wildman–Crippen MR) is 147 cm³/mol. The minimum Gasteiger partial charge on any atom is -0.494 e. The number of morpholine rings is 1. The monoisotopic (exact) mass is 554 g/mol. The van der Waals surface area contributed by atoms with Crippen molar-refractivity contribution >= 4 is 46.2 Å². The number of methoxy groups -OCH3 is 1. The van der Waals surface area contributed by atoms with Crippen molar-refractivity contribution < 1.29 is 23.5 Å². The first-order valence-corrected chi connectivity index (χ1v) is 12.8. The first kappa shape index (κ1) is 26.7. The van der Waals surface area contributed by atoms with Gasteiger partial charge in [0.2, 0.25) is 5.91 Å². The maximum atomic E-state index is 14.1. The molecule has 2 aliphatic rings. The average molecular weight is 555 g/mol. The van der Waals surface area contributed by atoms with E-state index in [1.54, 1.807) is 30.4 Å². The number of benzene rings is 2. The molecule has 0 saturated carbocycles. The zero-order chi connectivity index (χ0) is 27.4. The molecule has 5 rings (SSSR count). The Morgan fingerprint density at radius 1 is 1.18 bits per heavy atom. The van der Waals surface area contributed by atoms with Crippen LogP contribution in [0.25, 0.3) is 0 Å². The van der Waals surface area contributed by atoms with E-state index in [2.05, 4.69) is 32.1 Å². The Morgan fingerprint density at radius 3 is 2.74 bits per heavy atom. The summed E-state index contributed by atoms with van der Waals surface area (Å²) in [6, 6.07) is 9.85. The van der Waals surface area contributed by atoms with Gasteiger partial charge in [-0.05, 0) is 29.8 Å². The molecule has 0 spiro atoms. The lowest BCUT2D eigenvalue weighted by Gasteiger charge is -2.31. The summed E-state index contributed by atoms with van der Waals surface area (Å²) < 4.78 is 25.3. The SMILES string of the molecule is C=CC(=O)Nc1cc(Nc2cc(N3OCC[C@@H]3c3ccc(Cl)c(F)c3)ncn2)c(OC)cc1N1CCOCC1. The number of rotatable bonds is 8. The van der Waals surface area contributed by atoms with Crippen LogP contribution >= 0.6 is 11.6 Å². The van der Waals surface area contributed by atoms with Gasteiger partial charge in [0.1, 0.15) is 23.7 Å². The lowest BCUT2D eigenvalue weighted by Crippen LogP contribution is -2.36. The molecule has 0 unspecified atom stereocenters. The molecule has 0 bridgehead atoms. The van der Waals surface area contributed by atoms with Crippen LogP contribution in [0.15, 0.2) is 55.4 Å². The van der Waals surface area contributed by atoms with E-state index in [1.807, 2.05) is 6.07 Å². The van der Waals surface area contributed by atoms with E-state index in [-0.39, 0.29) is 17.0 Å². The van der Waals surface area contributed by atoms with Gasteiger partial charge in [-0.2, -0.15) is 0 Å². The smallest absolute Gasteiger partial charge is 0.247 e. The number of anilines is 5. The molecule has 1 amide bonds. The Hall–Kier alpha value is -3.93. The van der Waals surface area contributed by atoms with E-state index < -0.39 is 5.82 Å². The number of carbonyl (C=O) groups is 1. The summed E-state index contributed by atoms with van der Waals surface area (Å²) in [5.41, 5.74) is 2.71. The number of carbonyl (C=O) groups excluding carboxylic acids is 1. The van der Waals surface area contributed by atoms with Gasteiger partial charge in [0.15, 0.2) is 5.82 Å². The molecule has 2 fully saturated rings. The summed E-state index contributed by atoms with van der Waals surface area (Å²) in [6.45, 7) is 6.54. The Labute approximate surface area is 230 Å². The highest BCUT2D eigenvalue weighted by atomic mass is 35.5. The van der Waals surface area contributed by atoms with Crippen LogP contribution in [0, 0.1) is 5.82 Å². The number of amides is 1. The lowest BCUT2D eigenvalue weighted by molar-refractivity contribution is -0.111. The molecule has 2 aromatic carbocycles. The zero-order valence-corrected chi connectivity index (χ0v) is 22.1. The van der Waals surface area contributed by atoms with Crippen LogP contribution in [0.5, 0.6) is 5.75 Å². The molecule has 1 aromatic heterocycles. The van der Waals surface area contributed by atoms with Crippen molar-refractivity contribution in [2.24, 2.45) is 0 Å². The molecule has 0 aliphatic carbocycles. The summed E-state index contributed by atoms with van der Waals surface area (Å²) in [6.07, 6.45) is 3.28. The highest BCUT2D eigenvalue weighted by Gasteiger charge is 2.30. The van der Waals surface area contributed by atoms with Crippen molar-refractivity contribution in [2.45, 2.75) is 12.5 Å². The van der Waals surface area contributed by atoms with Crippen LogP contribution in [-0.2, 0) is 14.4 Å². The van der Waals surface area contributed by atoms with Gasteiger partial charge in [-0.3, -0.25) is 9.63 Å². The van der Waals surface area contributed by atoms with Gasteiger partial charge in [0.05, 0.1) is 55.1 Å². The first-order valence-electron chi connectivity index (χ1n) is 12.4. The molecule has 2 aliphatic heterocycles. The van der Waals surface area contributed by atoms with Crippen LogP contribution in [0.2, 0.25) is 5.02 Å². The van der Waals surface area contributed by atoms with Crippen LogP contribution in [-0.4, -0.2) is 55.9 Å². The fourth-order valence-electron chi connectivity index (χ4n) is 4.58. The number of hydrogen-bond acceptors (Lipinski definition) is 9. The molecule has 204 valence electrons. The van der Waals surface area contributed by atoms with Gasteiger partial charge in [-0.1, -0.05) is 24.2 Å². The minimum atomic E-state index is -0.488. The van der Waals surface area contributed by atoms with Crippen molar-refractivity contribution in [2.75, 3.05) is 60.6 Å². The van der Waals surface area contributed by atoms with Crippen LogP contribution < -0.4 is 25.3 Å². The lowest BCUT2D eigenvalue weighted by atomic mass is 10.0. The highest BCUT2D eigenvalue weighted by molar-refractivity contribution is 6.30. The maximum Gasteiger partial charge on any atom is 0.247 e. The number of nitrogens with zero attached hydrogens (tertiary/aromatic N) is 4. The first-order chi connectivity index (χ1) is 19.0. The summed E-state index contributed by atoms with van der Waals surface area (Å²) in [5.74, 6) is 0.698. The third kappa shape index (κ3) is 5.90. The van der Waals surface area contributed by atoms with E-state index in [0.29, 0.717) is 68.1 Å². The van der Waals surface area contributed by atoms with E-state index in [9.17, 15) is 9.18 Å². The van der Waals surface area contributed by atoms with Crippen LogP contribution in [0.3, 0.4) is 0 Å². The van der Waals surface area contributed by atoms with E-state index >= 15 is 0 Å². The second kappa shape index (κ2) is 11.9. The van der Waals surface area contributed by atoms with Gasteiger partial charge >= 0.3 is 0 Å². The van der Waals surface area contributed by atoms with Gasteiger partial charge in [-0.25, -0.2) is 19.4 Å². The van der Waals surface area contributed by atoms with Crippen molar-refractivity contribution in [3.8, 4) is 5.75 Å². The fraction of sp³-hybridized carbons (Fsp3) is 0.296. The zero-order valence-electron chi connectivity index (χ0n) is 21.3. The molecule has 3 heterocycles. The second-order valence-electron chi connectivity index (χ2n) is 8.89. The molecule has 2 saturated heterocycles. The molecule has 2 N–H and O–H groups in total. The quantitative estimate of drug-likeness (QED) is 0.378. The Morgan fingerprint density at radius 2 is 2.00 bits per heavy atom. The number of halogens is 2. The molecule has 0 radical (unpaired) electrons. The molecule has 10 nitrogen and oxygen atoms in total. The number of ether oxygens (including phenoxy) is 2. The minimum absolute atomic E-state index is 0.0648. The fourth-order valence-corrected chi connectivity index (χ4v) is 4.69. The topological polar surface area (TPSA) is 101 Å². The largest absolute Gasteiger partial charge is 0.494 e. The Balaban J connectivity index is 1.44. The van der Waals surface area contributed by atoms with E-state index in [0.717, 1.165) is 11.3 Å².